The molecule has 0 aliphatic carbocycles. The zero-order valence-electron chi connectivity index (χ0n) is 10.7. The standard InChI is InChI=1S/C12H24Cl2O2Si/c1-16-11(15)9-7-5-3-2-4-6-8-10-17-12(13)14/h12H,2-10,17H2,1H3. The van der Waals surface area contributed by atoms with Crippen LogP contribution in [0.2, 0.25) is 6.04 Å². The predicted octanol–water partition coefficient (Wildman–Crippen LogP) is 3.63. The number of unbranched alkanes of at least 4 members (excludes halogenated alkanes) is 6. The first-order valence-corrected chi connectivity index (χ1v) is 9.20. The Kier molecular flexibility index (Phi) is 12.9. The largest absolute Gasteiger partial charge is 0.469 e. The van der Waals surface area contributed by atoms with Crippen molar-refractivity contribution in [3.8, 4) is 0 Å². The first kappa shape index (κ1) is 17.3. The van der Waals surface area contributed by atoms with Gasteiger partial charge in [0, 0.05) is 6.42 Å². The number of esters is 1. The third-order valence-electron chi connectivity index (χ3n) is 2.78. The number of hydrogen-bond donors (Lipinski definition) is 0. The van der Waals surface area contributed by atoms with E-state index in [4.69, 9.17) is 23.2 Å². The third-order valence-corrected chi connectivity index (χ3v) is 5.43. The van der Waals surface area contributed by atoms with Crippen molar-refractivity contribution in [2.45, 2.75) is 61.9 Å². The number of methoxy groups -OCH3 is 1. The maximum Gasteiger partial charge on any atom is 0.305 e. The molecular weight excluding hydrogens is 275 g/mol. The lowest BCUT2D eigenvalue weighted by atomic mass is 10.1. The average Bonchev–Trinajstić information content (AvgIpc) is 2.30. The zero-order valence-corrected chi connectivity index (χ0v) is 13.6. The van der Waals surface area contributed by atoms with Crippen LogP contribution in [-0.2, 0) is 9.53 Å². The van der Waals surface area contributed by atoms with Gasteiger partial charge in [-0.2, -0.15) is 0 Å². The van der Waals surface area contributed by atoms with Crippen molar-refractivity contribution in [3.63, 3.8) is 0 Å². The highest BCUT2D eigenvalue weighted by Crippen LogP contribution is 2.11. The summed E-state index contributed by atoms with van der Waals surface area (Å²) in [6, 6.07) is 1.26. The van der Waals surface area contributed by atoms with E-state index in [1.165, 1.54) is 45.3 Å². The number of rotatable bonds is 11. The van der Waals surface area contributed by atoms with Gasteiger partial charge in [0.15, 0.2) is 0 Å². The Morgan fingerprint density at radius 3 is 2.12 bits per heavy atom. The van der Waals surface area contributed by atoms with Crippen molar-refractivity contribution in [1.82, 2.24) is 0 Å². The second-order valence-corrected chi connectivity index (χ2v) is 8.75. The van der Waals surface area contributed by atoms with Gasteiger partial charge in [0.25, 0.3) is 0 Å². The van der Waals surface area contributed by atoms with Crippen molar-refractivity contribution in [1.29, 1.82) is 0 Å². The number of hydrogen-bond acceptors (Lipinski definition) is 2. The van der Waals surface area contributed by atoms with Gasteiger partial charge in [0.05, 0.1) is 21.1 Å². The van der Waals surface area contributed by atoms with E-state index < -0.39 is 0 Å². The second-order valence-electron chi connectivity index (χ2n) is 4.33. The van der Waals surface area contributed by atoms with Crippen molar-refractivity contribution >= 4 is 38.7 Å². The Hall–Kier alpha value is 0.267. The van der Waals surface area contributed by atoms with Gasteiger partial charge in [-0.15, -0.1) is 23.2 Å². The molecule has 0 bridgehead atoms. The molecule has 0 radical (unpaired) electrons. The van der Waals surface area contributed by atoms with E-state index >= 15 is 0 Å². The Morgan fingerprint density at radius 1 is 1.06 bits per heavy atom. The molecule has 0 fully saturated rings. The van der Waals surface area contributed by atoms with Crippen LogP contribution >= 0.6 is 23.2 Å². The average molecular weight is 299 g/mol. The van der Waals surface area contributed by atoms with Crippen LogP contribution < -0.4 is 0 Å². The van der Waals surface area contributed by atoms with Gasteiger partial charge >= 0.3 is 5.97 Å². The number of carbonyl (C=O) groups excluding carboxylic acids is 1. The van der Waals surface area contributed by atoms with Gasteiger partial charge < -0.3 is 4.74 Å². The molecule has 0 heterocycles. The predicted molar refractivity (Wildman–Crippen MR) is 77.8 cm³/mol. The summed E-state index contributed by atoms with van der Waals surface area (Å²) >= 11 is 11.4. The first-order chi connectivity index (χ1) is 8.16. The molecule has 0 N–H and O–H groups in total. The molecule has 0 aliphatic heterocycles. The van der Waals surface area contributed by atoms with Gasteiger partial charge in [-0.3, -0.25) is 4.79 Å². The van der Waals surface area contributed by atoms with E-state index in [0.717, 1.165) is 12.8 Å². The normalized spacial score (nSPS) is 11.5. The fourth-order valence-electron chi connectivity index (χ4n) is 1.73. The van der Waals surface area contributed by atoms with E-state index in [0.29, 0.717) is 6.42 Å². The molecule has 0 saturated carbocycles. The van der Waals surface area contributed by atoms with Crippen LogP contribution in [0, 0.1) is 0 Å². The third kappa shape index (κ3) is 14.2. The molecule has 0 aliphatic rings. The summed E-state index contributed by atoms with van der Waals surface area (Å²) < 4.78 is 4.52. The number of carbonyl (C=O) groups is 1. The van der Waals surface area contributed by atoms with E-state index in [1.807, 2.05) is 0 Å². The summed E-state index contributed by atoms with van der Waals surface area (Å²) in [6.45, 7) is 0. The lowest BCUT2D eigenvalue weighted by molar-refractivity contribution is -0.140. The van der Waals surface area contributed by atoms with Crippen molar-refractivity contribution < 1.29 is 9.53 Å². The molecule has 0 aromatic rings. The molecule has 102 valence electrons. The molecule has 5 heteroatoms. The Balaban J connectivity index is 3.01. The number of ether oxygens (including phenoxy) is 1. The Bertz CT molecular complexity index is 189. The zero-order chi connectivity index (χ0) is 12.9. The van der Waals surface area contributed by atoms with Crippen LogP contribution in [-0.4, -0.2) is 27.1 Å². The molecule has 0 aromatic heterocycles. The molecule has 0 amide bonds. The molecule has 0 aromatic carbocycles. The van der Waals surface area contributed by atoms with Gasteiger partial charge in [0.2, 0.25) is 0 Å². The van der Waals surface area contributed by atoms with Crippen LogP contribution in [0.4, 0.5) is 0 Å². The van der Waals surface area contributed by atoms with Crippen LogP contribution in [0.5, 0.6) is 0 Å². The highest BCUT2D eigenvalue weighted by molar-refractivity contribution is 6.68. The fraction of sp³-hybridized carbons (Fsp3) is 0.917. The molecule has 0 unspecified atom stereocenters. The van der Waals surface area contributed by atoms with Crippen LogP contribution in [0.15, 0.2) is 0 Å². The van der Waals surface area contributed by atoms with Crippen molar-refractivity contribution in [3.05, 3.63) is 0 Å². The van der Waals surface area contributed by atoms with Crippen molar-refractivity contribution in [2.75, 3.05) is 7.11 Å². The first-order valence-electron chi connectivity index (χ1n) is 6.51. The summed E-state index contributed by atoms with van der Waals surface area (Å²) in [7, 11) is 1.21. The van der Waals surface area contributed by atoms with Gasteiger partial charge in [-0.1, -0.05) is 44.6 Å². The highest BCUT2D eigenvalue weighted by Gasteiger charge is 2.00. The minimum Gasteiger partial charge on any atom is -0.469 e. The molecule has 17 heavy (non-hydrogen) atoms. The molecule has 0 atom stereocenters. The number of halogens is 2. The summed E-state index contributed by atoms with van der Waals surface area (Å²) in [6.07, 6.45) is 9.02. The van der Waals surface area contributed by atoms with Crippen LogP contribution in [0.3, 0.4) is 0 Å². The van der Waals surface area contributed by atoms with Gasteiger partial charge in [0.1, 0.15) is 0 Å². The number of alkyl halides is 2. The summed E-state index contributed by atoms with van der Waals surface area (Å²) in [5, 5.41) is 0. The monoisotopic (exact) mass is 298 g/mol. The summed E-state index contributed by atoms with van der Waals surface area (Å²) in [5.74, 6) is -0.0911. The highest BCUT2D eigenvalue weighted by atomic mass is 35.5. The Morgan fingerprint density at radius 2 is 1.59 bits per heavy atom. The maximum atomic E-state index is 10.8. The van der Waals surface area contributed by atoms with E-state index in [1.54, 1.807) is 0 Å². The second kappa shape index (κ2) is 12.7. The minimum atomic E-state index is -0.234. The topological polar surface area (TPSA) is 26.3 Å². The SMILES string of the molecule is COC(=O)CCCCCCCCC[SiH2]C(Cl)Cl. The van der Waals surface area contributed by atoms with Gasteiger partial charge in [-0.05, 0) is 6.42 Å². The van der Waals surface area contributed by atoms with Crippen LogP contribution in [0.25, 0.3) is 0 Å². The molecule has 0 saturated heterocycles. The van der Waals surface area contributed by atoms with Crippen molar-refractivity contribution in [2.24, 2.45) is 0 Å². The molecule has 0 spiro atoms. The van der Waals surface area contributed by atoms with Gasteiger partial charge in [-0.25, -0.2) is 0 Å². The van der Waals surface area contributed by atoms with E-state index in [2.05, 4.69) is 4.74 Å². The Labute approximate surface area is 117 Å². The summed E-state index contributed by atoms with van der Waals surface area (Å²) in [5.41, 5.74) is 0. The lowest BCUT2D eigenvalue weighted by Gasteiger charge is -2.02. The minimum absolute atomic E-state index is 0.0617. The smallest absolute Gasteiger partial charge is 0.305 e. The van der Waals surface area contributed by atoms with E-state index in [9.17, 15) is 4.79 Å². The van der Waals surface area contributed by atoms with E-state index in [-0.39, 0.29) is 19.9 Å². The maximum absolute atomic E-state index is 10.8. The quantitative estimate of drug-likeness (QED) is 0.252. The molecular formula is C12H24Cl2O2Si. The molecule has 0 rings (SSSR count). The fourth-order valence-corrected chi connectivity index (χ4v) is 3.61. The lowest BCUT2D eigenvalue weighted by Crippen LogP contribution is -2.00. The molecule has 2 nitrogen and oxygen atoms in total. The van der Waals surface area contributed by atoms with Crippen LogP contribution in [0.1, 0.15) is 51.4 Å². The summed E-state index contributed by atoms with van der Waals surface area (Å²) in [4.78, 5) is 10.8.